The molecule has 2 fully saturated rings. The maximum atomic E-state index is 12.6. The molecule has 0 spiro atoms. The van der Waals surface area contributed by atoms with Gasteiger partial charge < -0.3 is 9.64 Å². The number of carbonyl (C=O) groups is 3. The van der Waals surface area contributed by atoms with Crippen molar-refractivity contribution in [3.05, 3.63) is 9.93 Å². The lowest BCUT2D eigenvalue weighted by atomic mass is 10.3. The molecule has 0 unspecified atom stereocenters. The highest BCUT2D eigenvalue weighted by atomic mass is 32.2. The van der Waals surface area contributed by atoms with E-state index in [9.17, 15) is 14.4 Å². The molecule has 2 aliphatic rings. The van der Waals surface area contributed by atoms with Crippen molar-refractivity contribution >= 4 is 58.3 Å². The Kier molecular flexibility index (Phi) is 6.91. The first-order valence-electron chi connectivity index (χ1n) is 7.36. The van der Waals surface area contributed by atoms with Crippen LogP contribution in [-0.4, -0.2) is 57.9 Å². The molecule has 0 aromatic heterocycles. The fourth-order valence-corrected chi connectivity index (χ4v) is 4.77. The SMILES string of the molecule is CCCCN1C(=O)/C(=C2\SCC(=O)N2CCCOC=O)SC1=S. The molecular formula is C14H18N2O4S3. The van der Waals surface area contributed by atoms with E-state index >= 15 is 0 Å². The van der Waals surface area contributed by atoms with Gasteiger partial charge in [-0.2, -0.15) is 0 Å². The average molecular weight is 375 g/mol. The predicted molar refractivity (Wildman–Crippen MR) is 94.6 cm³/mol. The van der Waals surface area contributed by atoms with Gasteiger partial charge in [-0.3, -0.25) is 19.3 Å². The normalized spacial score (nSPS) is 21.5. The van der Waals surface area contributed by atoms with Crippen LogP contribution in [0, 0.1) is 0 Å². The summed E-state index contributed by atoms with van der Waals surface area (Å²) in [6.45, 7) is 3.74. The Bertz CT molecular complexity index is 550. The summed E-state index contributed by atoms with van der Waals surface area (Å²) in [5, 5.41) is 0.678. The van der Waals surface area contributed by atoms with E-state index in [1.54, 1.807) is 9.80 Å². The maximum absolute atomic E-state index is 12.6. The molecule has 0 aromatic carbocycles. The molecule has 0 saturated carbocycles. The maximum Gasteiger partial charge on any atom is 0.293 e. The highest BCUT2D eigenvalue weighted by Crippen LogP contribution is 2.41. The first kappa shape index (κ1) is 18.3. The van der Waals surface area contributed by atoms with Crippen molar-refractivity contribution in [2.75, 3.05) is 25.4 Å². The second kappa shape index (κ2) is 8.70. The van der Waals surface area contributed by atoms with Gasteiger partial charge in [0.25, 0.3) is 12.4 Å². The number of ether oxygens (including phenoxy) is 1. The number of amides is 2. The van der Waals surface area contributed by atoms with Crippen molar-refractivity contribution in [2.24, 2.45) is 0 Å². The standard InChI is InChI=1S/C14H18N2O4S3/c1-2-3-5-16-12(19)11(23-14(16)21)13-15(10(18)8-22-13)6-4-7-20-9-17/h9H,2-8H2,1H3/b13-11+. The van der Waals surface area contributed by atoms with Crippen LogP contribution in [0.2, 0.25) is 0 Å². The highest BCUT2D eigenvalue weighted by Gasteiger charge is 2.39. The zero-order valence-electron chi connectivity index (χ0n) is 12.8. The van der Waals surface area contributed by atoms with Crippen molar-refractivity contribution in [1.82, 2.24) is 9.80 Å². The van der Waals surface area contributed by atoms with Crippen molar-refractivity contribution in [3.63, 3.8) is 0 Å². The smallest absolute Gasteiger partial charge is 0.293 e. The van der Waals surface area contributed by atoms with Gasteiger partial charge in [-0.15, -0.1) is 0 Å². The lowest BCUT2D eigenvalue weighted by Gasteiger charge is -2.18. The zero-order chi connectivity index (χ0) is 16.8. The van der Waals surface area contributed by atoms with Gasteiger partial charge in [-0.25, -0.2) is 0 Å². The molecule has 2 aliphatic heterocycles. The summed E-state index contributed by atoms with van der Waals surface area (Å²) in [6, 6.07) is 0. The van der Waals surface area contributed by atoms with Crippen LogP contribution in [0.15, 0.2) is 9.93 Å². The van der Waals surface area contributed by atoms with Gasteiger partial charge in [-0.1, -0.05) is 49.1 Å². The Labute approximate surface area is 149 Å². The van der Waals surface area contributed by atoms with Gasteiger partial charge in [-0.05, 0) is 12.8 Å². The third-order valence-corrected chi connectivity index (χ3v) is 6.03. The molecule has 0 aromatic rings. The largest absolute Gasteiger partial charge is 0.468 e. The van der Waals surface area contributed by atoms with Gasteiger partial charge in [0.05, 0.1) is 17.4 Å². The topological polar surface area (TPSA) is 66.9 Å². The minimum Gasteiger partial charge on any atom is -0.468 e. The molecule has 9 heteroatoms. The fraction of sp³-hybridized carbons (Fsp3) is 0.571. The fourth-order valence-electron chi connectivity index (χ4n) is 2.20. The molecule has 2 heterocycles. The molecule has 0 bridgehead atoms. The van der Waals surface area contributed by atoms with Gasteiger partial charge in [0.1, 0.15) is 9.23 Å². The van der Waals surface area contributed by atoms with Gasteiger partial charge in [0.15, 0.2) is 0 Å². The first-order valence-corrected chi connectivity index (χ1v) is 9.57. The molecule has 2 amide bonds. The quantitative estimate of drug-likeness (QED) is 0.278. The molecule has 0 atom stereocenters. The van der Waals surface area contributed by atoms with Crippen LogP contribution in [0.5, 0.6) is 0 Å². The summed E-state index contributed by atoms with van der Waals surface area (Å²) in [7, 11) is 0. The Morgan fingerprint density at radius 3 is 2.70 bits per heavy atom. The molecule has 2 rings (SSSR count). The molecule has 0 radical (unpaired) electrons. The number of rotatable bonds is 8. The number of thioether (sulfide) groups is 2. The molecule has 23 heavy (non-hydrogen) atoms. The van der Waals surface area contributed by atoms with E-state index in [-0.39, 0.29) is 18.4 Å². The minimum absolute atomic E-state index is 0.0325. The van der Waals surface area contributed by atoms with E-state index in [4.69, 9.17) is 12.2 Å². The number of nitrogens with zero attached hydrogens (tertiary/aromatic N) is 2. The second-order valence-electron chi connectivity index (χ2n) is 4.97. The lowest BCUT2D eigenvalue weighted by Crippen LogP contribution is -2.31. The summed E-state index contributed by atoms with van der Waals surface area (Å²) in [5.74, 6) is 0.179. The number of hydrogen-bond donors (Lipinski definition) is 0. The summed E-state index contributed by atoms with van der Waals surface area (Å²) < 4.78 is 5.20. The average Bonchev–Trinajstić information content (AvgIpc) is 3.02. The molecular weight excluding hydrogens is 356 g/mol. The minimum atomic E-state index is -0.111. The first-order chi connectivity index (χ1) is 11.1. The van der Waals surface area contributed by atoms with E-state index in [1.807, 2.05) is 0 Å². The zero-order valence-corrected chi connectivity index (χ0v) is 15.2. The van der Waals surface area contributed by atoms with Crippen LogP contribution in [0.1, 0.15) is 26.2 Å². The van der Waals surface area contributed by atoms with Crippen LogP contribution >= 0.6 is 35.7 Å². The van der Waals surface area contributed by atoms with Crippen molar-refractivity contribution in [2.45, 2.75) is 26.2 Å². The van der Waals surface area contributed by atoms with Gasteiger partial charge in [0.2, 0.25) is 5.91 Å². The predicted octanol–water partition coefficient (Wildman–Crippen LogP) is 1.95. The van der Waals surface area contributed by atoms with Crippen LogP contribution in [0.3, 0.4) is 0 Å². The van der Waals surface area contributed by atoms with Crippen LogP contribution in [0.25, 0.3) is 0 Å². The van der Waals surface area contributed by atoms with Crippen LogP contribution in [0.4, 0.5) is 0 Å². The number of carbonyl (C=O) groups excluding carboxylic acids is 3. The molecule has 126 valence electrons. The van der Waals surface area contributed by atoms with E-state index in [1.165, 1.54) is 23.5 Å². The molecule has 6 nitrogen and oxygen atoms in total. The van der Waals surface area contributed by atoms with E-state index in [0.717, 1.165) is 12.8 Å². The van der Waals surface area contributed by atoms with Gasteiger partial charge in [0, 0.05) is 13.1 Å². The number of thiocarbonyl (C=S) groups is 1. The molecule has 2 saturated heterocycles. The Morgan fingerprint density at radius 2 is 2.00 bits per heavy atom. The van der Waals surface area contributed by atoms with Crippen LogP contribution < -0.4 is 0 Å². The number of unbranched alkanes of at least 4 members (excludes halogenated alkanes) is 1. The monoisotopic (exact) mass is 374 g/mol. The van der Waals surface area contributed by atoms with Crippen LogP contribution in [-0.2, 0) is 19.1 Å². The summed E-state index contributed by atoms with van der Waals surface area (Å²) in [4.78, 5) is 38.5. The summed E-state index contributed by atoms with van der Waals surface area (Å²) in [5.41, 5.74) is 0. The van der Waals surface area contributed by atoms with E-state index in [2.05, 4.69) is 11.7 Å². The Hall–Kier alpha value is -1.06. The third kappa shape index (κ3) is 4.27. The van der Waals surface area contributed by atoms with Crippen molar-refractivity contribution < 1.29 is 19.1 Å². The Balaban J connectivity index is 2.11. The Morgan fingerprint density at radius 1 is 1.26 bits per heavy atom. The van der Waals surface area contributed by atoms with Crippen molar-refractivity contribution in [3.8, 4) is 0 Å². The molecule has 0 aliphatic carbocycles. The summed E-state index contributed by atoms with van der Waals surface area (Å²) >= 11 is 7.93. The highest BCUT2D eigenvalue weighted by molar-refractivity contribution is 8.27. The summed E-state index contributed by atoms with van der Waals surface area (Å²) in [6.07, 6.45) is 2.41. The lowest BCUT2D eigenvalue weighted by molar-refractivity contribution is -0.129. The van der Waals surface area contributed by atoms with Gasteiger partial charge >= 0.3 is 0 Å². The molecule has 0 N–H and O–H groups in total. The third-order valence-electron chi connectivity index (χ3n) is 3.37. The van der Waals surface area contributed by atoms with E-state index < -0.39 is 0 Å². The number of hydrogen-bond acceptors (Lipinski definition) is 7. The van der Waals surface area contributed by atoms with Crippen molar-refractivity contribution in [1.29, 1.82) is 0 Å². The second-order valence-corrected chi connectivity index (χ2v) is 7.58. The van der Waals surface area contributed by atoms with E-state index in [0.29, 0.717) is 46.0 Å².